The van der Waals surface area contributed by atoms with Gasteiger partial charge in [-0.2, -0.15) is 5.10 Å². The van der Waals surface area contributed by atoms with Gasteiger partial charge in [-0.25, -0.2) is 13.1 Å². The molecule has 2 N–H and O–H groups in total. The first-order valence-electron chi connectivity index (χ1n) is 6.33. The molecule has 0 spiro atoms. The van der Waals surface area contributed by atoms with E-state index in [1.807, 2.05) is 30.8 Å². The molecule has 1 aromatic heterocycles. The molecular weight excluding hydrogens is 264 g/mol. The third-order valence-electron chi connectivity index (χ3n) is 2.53. The van der Waals surface area contributed by atoms with E-state index in [4.69, 9.17) is 0 Å². The zero-order valence-electron chi connectivity index (χ0n) is 12.3. The van der Waals surface area contributed by atoms with Gasteiger partial charge in [-0.05, 0) is 33.8 Å². The summed E-state index contributed by atoms with van der Waals surface area (Å²) in [5.41, 5.74) is 0.428. The van der Waals surface area contributed by atoms with E-state index in [-0.39, 0.29) is 0 Å². The van der Waals surface area contributed by atoms with Crippen molar-refractivity contribution in [2.75, 3.05) is 12.8 Å². The predicted octanol–water partition coefficient (Wildman–Crippen LogP) is 0.881. The Morgan fingerprint density at radius 3 is 2.53 bits per heavy atom. The molecule has 0 bridgehead atoms. The number of sulfonamides is 1. The van der Waals surface area contributed by atoms with E-state index >= 15 is 0 Å². The molecule has 0 amide bonds. The quantitative estimate of drug-likeness (QED) is 0.781. The summed E-state index contributed by atoms with van der Waals surface area (Å²) in [5.74, 6) is 0. The van der Waals surface area contributed by atoms with Gasteiger partial charge in [-0.3, -0.25) is 4.68 Å². The number of aromatic nitrogens is 2. The fourth-order valence-corrected chi connectivity index (χ4v) is 2.88. The first-order valence-corrected chi connectivity index (χ1v) is 8.22. The molecule has 0 saturated heterocycles. The van der Waals surface area contributed by atoms with Crippen LogP contribution in [0.5, 0.6) is 0 Å². The average Bonchev–Trinajstić information content (AvgIpc) is 2.61. The Morgan fingerprint density at radius 2 is 2.05 bits per heavy atom. The van der Waals surface area contributed by atoms with Crippen LogP contribution in [0.2, 0.25) is 0 Å². The Hall–Kier alpha value is -0.920. The Balaban J connectivity index is 2.45. The molecule has 0 saturated carbocycles. The molecule has 0 aromatic carbocycles. The predicted molar refractivity (Wildman–Crippen MR) is 76.4 cm³/mol. The van der Waals surface area contributed by atoms with Crippen molar-refractivity contribution < 1.29 is 8.42 Å². The van der Waals surface area contributed by atoms with E-state index in [2.05, 4.69) is 29.0 Å². The summed E-state index contributed by atoms with van der Waals surface area (Å²) < 4.78 is 26.9. The second kappa shape index (κ2) is 6.02. The fraction of sp³-hybridized carbons (Fsp3) is 0.750. The zero-order valence-corrected chi connectivity index (χ0v) is 13.1. The number of nitrogens with one attached hydrogen (secondary N) is 2. The van der Waals surface area contributed by atoms with Gasteiger partial charge in [0.25, 0.3) is 0 Å². The van der Waals surface area contributed by atoms with Crippen LogP contribution >= 0.6 is 0 Å². The van der Waals surface area contributed by atoms with Crippen LogP contribution in [0.15, 0.2) is 12.3 Å². The molecule has 0 unspecified atom stereocenters. The number of hydrogen-bond acceptors (Lipinski definition) is 4. The number of hydrogen-bond donors (Lipinski definition) is 2. The number of rotatable bonds is 7. The summed E-state index contributed by atoms with van der Waals surface area (Å²) in [6.07, 6.45) is 3.11. The van der Waals surface area contributed by atoms with Crippen LogP contribution in [0.4, 0.5) is 0 Å². The van der Waals surface area contributed by atoms with Crippen molar-refractivity contribution in [3.63, 3.8) is 0 Å². The molecule has 0 atom stereocenters. The SMILES string of the molecule is CC(C)n1ccc(CNCC(C)(C)NS(C)(=O)=O)n1. The lowest BCUT2D eigenvalue weighted by atomic mass is 10.1. The second-order valence-electron chi connectivity index (χ2n) is 5.74. The molecule has 1 heterocycles. The van der Waals surface area contributed by atoms with E-state index in [0.717, 1.165) is 5.69 Å². The van der Waals surface area contributed by atoms with Gasteiger partial charge >= 0.3 is 0 Å². The minimum Gasteiger partial charge on any atom is -0.309 e. The molecule has 7 heteroatoms. The summed E-state index contributed by atoms with van der Waals surface area (Å²) in [5, 5.41) is 7.63. The van der Waals surface area contributed by atoms with Gasteiger partial charge in [-0.15, -0.1) is 0 Å². The molecule has 1 aromatic rings. The summed E-state index contributed by atoms with van der Waals surface area (Å²) in [6, 6.07) is 2.31. The van der Waals surface area contributed by atoms with Gasteiger partial charge in [0.15, 0.2) is 0 Å². The van der Waals surface area contributed by atoms with E-state index in [1.165, 1.54) is 6.26 Å². The molecule has 0 aliphatic carbocycles. The summed E-state index contributed by atoms with van der Waals surface area (Å²) in [4.78, 5) is 0. The third-order valence-corrected chi connectivity index (χ3v) is 3.45. The van der Waals surface area contributed by atoms with Gasteiger partial charge in [0.1, 0.15) is 0 Å². The highest BCUT2D eigenvalue weighted by atomic mass is 32.2. The van der Waals surface area contributed by atoms with Crippen molar-refractivity contribution in [2.24, 2.45) is 0 Å². The molecule has 0 fully saturated rings. The standard InChI is InChI=1S/C12H24N4O2S/c1-10(2)16-7-6-11(14-16)8-13-9-12(3,4)15-19(5,17)18/h6-7,10,13,15H,8-9H2,1-5H3. The highest BCUT2D eigenvalue weighted by molar-refractivity contribution is 7.88. The van der Waals surface area contributed by atoms with Crippen LogP contribution in [0, 0.1) is 0 Å². The number of nitrogens with zero attached hydrogens (tertiary/aromatic N) is 2. The highest BCUT2D eigenvalue weighted by Crippen LogP contribution is 2.05. The largest absolute Gasteiger partial charge is 0.309 e. The Morgan fingerprint density at radius 1 is 1.42 bits per heavy atom. The van der Waals surface area contributed by atoms with Crippen LogP contribution in [-0.2, 0) is 16.6 Å². The summed E-state index contributed by atoms with van der Waals surface area (Å²) >= 11 is 0. The van der Waals surface area contributed by atoms with Gasteiger partial charge in [0.05, 0.1) is 11.9 Å². The molecule has 110 valence electrons. The van der Waals surface area contributed by atoms with Gasteiger partial charge in [0.2, 0.25) is 10.0 Å². The lowest BCUT2D eigenvalue weighted by Gasteiger charge is -2.25. The summed E-state index contributed by atoms with van der Waals surface area (Å²) in [7, 11) is -3.19. The van der Waals surface area contributed by atoms with E-state index in [9.17, 15) is 8.42 Å². The lowest BCUT2D eigenvalue weighted by Crippen LogP contribution is -2.49. The molecule has 19 heavy (non-hydrogen) atoms. The molecule has 0 aliphatic heterocycles. The average molecular weight is 288 g/mol. The first-order chi connectivity index (χ1) is 8.59. The monoisotopic (exact) mass is 288 g/mol. The summed E-state index contributed by atoms with van der Waals surface area (Å²) in [6.45, 7) is 8.98. The zero-order chi connectivity index (χ0) is 14.7. The van der Waals surface area contributed by atoms with Crippen molar-refractivity contribution in [3.05, 3.63) is 18.0 Å². The lowest BCUT2D eigenvalue weighted by molar-refractivity contribution is 0.418. The van der Waals surface area contributed by atoms with Crippen molar-refractivity contribution in [1.82, 2.24) is 19.8 Å². The van der Waals surface area contributed by atoms with Crippen LogP contribution in [0.1, 0.15) is 39.4 Å². The van der Waals surface area contributed by atoms with E-state index < -0.39 is 15.6 Å². The maximum absolute atomic E-state index is 11.2. The molecule has 0 radical (unpaired) electrons. The molecule has 6 nitrogen and oxygen atoms in total. The minimum absolute atomic E-state index is 0.345. The first kappa shape index (κ1) is 16.1. The van der Waals surface area contributed by atoms with Crippen molar-refractivity contribution in [2.45, 2.75) is 45.8 Å². The van der Waals surface area contributed by atoms with Crippen LogP contribution in [0.3, 0.4) is 0 Å². The smallest absolute Gasteiger partial charge is 0.209 e. The highest BCUT2D eigenvalue weighted by Gasteiger charge is 2.21. The molecular formula is C12H24N4O2S. The fourth-order valence-electron chi connectivity index (χ4n) is 1.80. The van der Waals surface area contributed by atoms with Gasteiger partial charge in [-0.1, -0.05) is 0 Å². The maximum atomic E-state index is 11.2. The second-order valence-corrected chi connectivity index (χ2v) is 7.49. The van der Waals surface area contributed by atoms with Crippen molar-refractivity contribution in [3.8, 4) is 0 Å². The molecule has 1 rings (SSSR count). The Labute approximate surface area is 115 Å². The van der Waals surface area contributed by atoms with Gasteiger partial charge in [0, 0.05) is 30.9 Å². The normalized spacial score (nSPS) is 13.2. The Kier molecular flexibility index (Phi) is 5.11. The van der Waals surface area contributed by atoms with E-state index in [1.54, 1.807) is 0 Å². The van der Waals surface area contributed by atoms with Crippen molar-refractivity contribution >= 4 is 10.0 Å². The van der Waals surface area contributed by atoms with Crippen molar-refractivity contribution in [1.29, 1.82) is 0 Å². The Bertz CT molecular complexity index is 506. The van der Waals surface area contributed by atoms with Crippen LogP contribution in [-0.4, -0.2) is 36.5 Å². The van der Waals surface area contributed by atoms with Crippen LogP contribution in [0.25, 0.3) is 0 Å². The van der Waals surface area contributed by atoms with Gasteiger partial charge < -0.3 is 5.32 Å². The third kappa shape index (κ3) is 6.17. The van der Waals surface area contributed by atoms with Crippen LogP contribution < -0.4 is 10.0 Å². The maximum Gasteiger partial charge on any atom is 0.209 e. The minimum atomic E-state index is -3.19. The topological polar surface area (TPSA) is 76.0 Å². The van der Waals surface area contributed by atoms with E-state index in [0.29, 0.717) is 19.1 Å². The molecule has 0 aliphatic rings.